The molecular weight excluding hydrogens is 138 g/mol. The molecule has 1 N–H and O–H groups in total. The van der Waals surface area contributed by atoms with E-state index in [1.807, 2.05) is 7.05 Å². The molecule has 0 aliphatic heterocycles. The maximum Gasteiger partial charge on any atom is 0.0586 e. The molecule has 1 saturated carbocycles. The molecule has 0 spiro atoms. The highest BCUT2D eigenvalue weighted by Gasteiger charge is 2.30. The number of ether oxygens (including phenoxy) is 1. The molecule has 1 aliphatic carbocycles. The van der Waals surface area contributed by atoms with E-state index in [4.69, 9.17) is 4.74 Å². The number of rotatable bonds is 3. The Morgan fingerprint density at radius 1 is 1.45 bits per heavy atom. The van der Waals surface area contributed by atoms with Gasteiger partial charge in [-0.25, -0.2) is 0 Å². The third kappa shape index (κ3) is 1.94. The zero-order valence-electron chi connectivity index (χ0n) is 7.76. The van der Waals surface area contributed by atoms with Crippen molar-refractivity contribution in [1.82, 2.24) is 5.32 Å². The predicted molar refractivity (Wildman–Crippen MR) is 46.7 cm³/mol. The lowest BCUT2D eigenvalue weighted by molar-refractivity contribution is 0.0594. The summed E-state index contributed by atoms with van der Waals surface area (Å²) in [7, 11) is 3.85. The van der Waals surface area contributed by atoms with E-state index in [0.717, 1.165) is 5.92 Å². The molecule has 1 aliphatic rings. The monoisotopic (exact) mass is 157 g/mol. The van der Waals surface area contributed by atoms with Gasteiger partial charge < -0.3 is 10.1 Å². The molecule has 2 heteroatoms. The van der Waals surface area contributed by atoms with Gasteiger partial charge in [0.2, 0.25) is 0 Å². The Labute approximate surface area is 69.3 Å². The Hall–Kier alpha value is -0.0800. The zero-order chi connectivity index (χ0) is 8.27. The largest absolute Gasteiger partial charge is 0.381 e. The lowest BCUT2D eigenvalue weighted by Gasteiger charge is -2.24. The van der Waals surface area contributed by atoms with Gasteiger partial charge in [-0.15, -0.1) is 0 Å². The Morgan fingerprint density at radius 2 is 2.18 bits per heavy atom. The van der Waals surface area contributed by atoms with Crippen molar-refractivity contribution in [3.63, 3.8) is 0 Å². The fraction of sp³-hybridized carbons (Fsp3) is 1.00. The van der Waals surface area contributed by atoms with Crippen molar-refractivity contribution in [2.45, 2.75) is 38.3 Å². The van der Waals surface area contributed by atoms with Crippen molar-refractivity contribution < 1.29 is 4.74 Å². The maximum absolute atomic E-state index is 5.33. The molecule has 11 heavy (non-hydrogen) atoms. The second-order valence-corrected chi connectivity index (χ2v) is 3.43. The molecule has 66 valence electrons. The van der Waals surface area contributed by atoms with Crippen molar-refractivity contribution in [1.29, 1.82) is 0 Å². The van der Waals surface area contributed by atoms with Crippen LogP contribution in [-0.2, 0) is 4.74 Å². The lowest BCUT2D eigenvalue weighted by Crippen LogP contribution is -2.35. The zero-order valence-corrected chi connectivity index (χ0v) is 7.76. The minimum Gasteiger partial charge on any atom is -0.381 e. The van der Waals surface area contributed by atoms with E-state index in [1.54, 1.807) is 7.11 Å². The van der Waals surface area contributed by atoms with Gasteiger partial charge in [-0.2, -0.15) is 0 Å². The van der Waals surface area contributed by atoms with E-state index in [1.165, 1.54) is 19.3 Å². The second-order valence-electron chi connectivity index (χ2n) is 3.43. The number of hydrogen-bond donors (Lipinski definition) is 1. The van der Waals surface area contributed by atoms with Crippen LogP contribution >= 0.6 is 0 Å². The van der Waals surface area contributed by atoms with Gasteiger partial charge in [0.25, 0.3) is 0 Å². The van der Waals surface area contributed by atoms with Crippen LogP contribution in [0.4, 0.5) is 0 Å². The summed E-state index contributed by atoms with van der Waals surface area (Å²) in [5.74, 6) is 0.727. The molecule has 1 rings (SSSR count). The minimum absolute atomic E-state index is 0.412. The predicted octanol–water partition coefficient (Wildman–Crippen LogP) is 1.41. The highest BCUT2D eigenvalue weighted by Crippen LogP contribution is 2.29. The van der Waals surface area contributed by atoms with Crippen LogP contribution < -0.4 is 5.32 Å². The molecule has 0 radical (unpaired) electrons. The summed E-state index contributed by atoms with van der Waals surface area (Å²) in [6, 6.07) is 0.685. The van der Waals surface area contributed by atoms with Gasteiger partial charge in [0.1, 0.15) is 0 Å². The van der Waals surface area contributed by atoms with Gasteiger partial charge in [-0.3, -0.25) is 0 Å². The van der Waals surface area contributed by atoms with Crippen LogP contribution in [0.15, 0.2) is 0 Å². The minimum atomic E-state index is 0.412. The first-order valence-corrected chi connectivity index (χ1v) is 4.49. The summed E-state index contributed by atoms with van der Waals surface area (Å²) >= 11 is 0. The molecule has 0 heterocycles. The van der Waals surface area contributed by atoms with E-state index in [9.17, 15) is 0 Å². The van der Waals surface area contributed by atoms with E-state index >= 15 is 0 Å². The third-order valence-electron chi connectivity index (χ3n) is 2.91. The molecule has 0 amide bonds. The average molecular weight is 157 g/mol. The number of hydrogen-bond acceptors (Lipinski definition) is 2. The third-order valence-corrected chi connectivity index (χ3v) is 2.91. The molecule has 0 aromatic rings. The molecule has 3 atom stereocenters. The molecule has 0 bridgehead atoms. The quantitative estimate of drug-likeness (QED) is 0.669. The van der Waals surface area contributed by atoms with E-state index in [-0.39, 0.29) is 0 Å². The van der Waals surface area contributed by atoms with Crippen molar-refractivity contribution in [3.05, 3.63) is 0 Å². The summed E-state index contributed by atoms with van der Waals surface area (Å²) in [5.41, 5.74) is 0. The molecule has 2 nitrogen and oxygen atoms in total. The standard InChI is InChI=1S/C9H19NO/c1-7(11-3)8-5-4-6-9(8)10-2/h7-10H,4-6H2,1-3H3/t7-,8-,9-/m0/s1. The van der Waals surface area contributed by atoms with Gasteiger partial charge in [-0.1, -0.05) is 6.42 Å². The van der Waals surface area contributed by atoms with Crippen LogP contribution in [0.1, 0.15) is 26.2 Å². The van der Waals surface area contributed by atoms with Gasteiger partial charge in [0.05, 0.1) is 6.10 Å². The van der Waals surface area contributed by atoms with Crippen LogP contribution in [0.3, 0.4) is 0 Å². The number of methoxy groups -OCH3 is 1. The van der Waals surface area contributed by atoms with Crippen LogP contribution in [0.25, 0.3) is 0 Å². The lowest BCUT2D eigenvalue weighted by atomic mass is 9.98. The summed E-state index contributed by atoms with van der Waals surface area (Å²) in [6.45, 7) is 2.17. The van der Waals surface area contributed by atoms with Gasteiger partial charge in [0.15, 0.2) is 0 Å². The summed E-state index contributed by atoms with van der Waals surface area (Å²) in [5, 5.41) is 3.35. The smallest absolute Gasteiger partial charge is 0.0586 e. The summed E-state index contributed by atoms with van der Waals surface area (Å²) in [4.78, 5) is 0. The van der Waals surface area contributed by atoms with Crippen LogP contribution in [-0.4, -0.2) is 26.3 Å². The average Bonchev–Trinajstić information content (AvgIpc) is 2.50. The Balaban J connectivity index is 2.42. The van der Waals surface area contributed by atoms with Gasteiger partial charge in [-0.05, 0) is 26.8 Å². The summed E-state index contributed by atoms with van der Waals surface area (Å²) in [6.07, 6.45) is 4.40. The molecule has 0 aromatic carbocycles. The molecular formula is C9H19NO. The van der Waals surface area contributed by atoms with Gasteiger partial charge in [0, 0.05) is 19.1 Å². The van der Waals surface area contributed by atoms with Crippen molar-refractivity contribution in [3.8, 4) is 0 Å². The first-order valence-electron chi connectivity index (χ1n) is 4.49. The highest BCUT2D eigenvalue weighted by atomic mass is 16.5. The fourth-order valence-electron chi connectivity index (χ4n) is 2.08. The Bertz CT molecular complexity index is 116. The van der Waals surface area contributed by atoms with Crippen LogP contribution in [0.2, 0.25) is 0 Å². The first kappa shape index (κ1) is 9.01. The molecule has 0 saturated heterocycles. The maximum atomic E-state index is 5.33. The van der Waals surface area contributed by atoms with Crippen molar-refractivity contribution >= 4 is 0 Å². The second kappa shape index (κ2) is 4.07. The Morgan fingerprint density at radius 3 is 2.73 bits per heavy atom. The first-order chi connectivity index (χ1) is 5.29. The normalized spacial score (nSPS) is 34.1. The van der Waals surface area contributed by atoms with E-state index in [2.05, 4.69) is 12.2 Å². The molecule has 0 unspecified atom stereocenters. The van der Waals surface area contributed by atoms with E-state index in [0.29, 0.717) is 12.1 Å². The molecule has 1 fully saturated rings. The number of nitrogens with one attached hydrogen (secondary N) is 1. The molecule has 0 aromatic heterocycles. The van der Waals surface area contributed by atoms with Crippen LogP contribution in [0.5, 0.6) is 0 Å². The van der Waals surface area contributed by atoms with Crippen molar-refractivity contribution in [2.75, 3.05) is 14.2 Å². The Kier molecular flexibility index (Phi) is 3.34. The van der Waals surface area contributed by atoms with E-state index < -0.39 is 0 Å². The van der Waals surface area contributed by atoms with Crippen molar-refractivity contribution in [2.24, 2.45) is 5.92 Å². The van der Waals surface area contributed by atoms with Crippen LogP contribution in [0, 0.1) is 5.92 Å². The summed E-state index contributed by atoms with van der Waals surface area (Å²) < 4.78 is 5.33. The van der Waals surface area contributed by atoms with Gasteiger partial charge >= 0.3 is 0 Å². The SMILES string of the molecule is CN[C@H]1CCC[C@H]1[C@H](C)OC. The topological polar surface area (TPSA) is 21.3 Å². The highest BCUT2D eigenvalue weighted by molar-refractivity contribution is 4.85. The fourth-order valence-corrected chi connectivity index (χ4v) is 2.08.